The minimum atomic E-state index is -0.163. The van der Waals surface area contributed by atoms with Gasteiger partial charge in [-0.2, -0.15) is 0 Å². The molecule has 108 valence electrons. The highest BCUT2D eigenvalue weighted by Crippen LogP contribution is 2.27. The second-order valence-corrected chi connectivity index (χ2v) is 5.48. The number of fused-ring (bicyclic) bond motifs is 1. The van der Waals surface area contributed by atoms with Crippen LogP contribution in [0.1, 0.15) is 18.1 Å². The molecule has 0 aliphatic carbocycles. The van der Waals surface area contributed by atoms with Gasteiger partial charge in [-0.1, -0.05) is 35.9 Å². The van der Waals surface area contributed by atoms with E-state index in [0.29, 0.717) is 6.54 Å². The molecule has 21 heavy (non-hydrogen) atoms. The average Bonchev–Trinajstić information content (AvgIpc) is 2.93. The fourth-order valence-corrected chi connectivity index (χ4v) is 2.83. The van der Waals surface area contributed by atoms with E-state index in [1.807, 2.05) is 54.3 Å². The van der Waals surface area contributed by atoms with Crippen molar-refractivity contribution in [3.8, 4) is 0 Å². The van der Waals surface area contributed by atoms with Gasteiger partial charge in [0.1, 0.15) is 6.04 Å². The second-order valence-electron chi connectivity index (χ2n) is 5.48. The lowest BCUT2D eigenvalue weighted by molar-refractivity contribution is -0.119. The van der Waals surface area contributed by atoms with E-state index in [-0.39, 0.29) is 11.9 Å². The maximum Gasteiger partial charge on any atom is 0.249 e. The van der Waals surface area contributed by atoms with Crippen LogP contribution >= 0.6 is 0 Å². The number of rotatable bonds is 3. The summed E-state index contributed by atoms with van der Waals surface area (Å²) < 4.78 is 0. The van der Waals surface area contributed by atoms with E-state index >= 15 is 0 Å². The molecule has 0 aromatic heterocycles. The highest BCUT2D eigenvalue weighted by Gasteiger charge is 2.29. The number of carbonyl (C=O) groups excluding carboxylic acids is 1. The minimum absolute atomic E-state index is 0.137. The molecule has 1 amide bonds. The van der Waals surface area contributed by atoms with Crippen molar-refractivity contribution >= 4 is 17.3 Å². The number of amides is 1. The van der Waals surface area contributed by atoms with Gasteiger partial charge in [0, 0.05) is 24.3 Å². The van der Waals surface area contributed by atoms with Gasteiger partial charge < -0.3 is 10.2 Å². The highest BCUT2D eigenvalue weighted by molar-refractivity contribution is 6.00. The van der Waals surface area contributed by atoms with Gasteiger partial charge in [-0.3, -0.25) is 4.79 Å². The molecule has 1 N–H and O–H groups in total. The molecule has 1 aliphatic heterocycles. The Kier molecular flexibility index (Phi) is 3.65. The predicted octanol–water partition coefficient (Wildman–Crippen LogP) is 3.38. The Balaban J connectivity index is 1.80. The van der Waals surface area contributed by atoms with Crippen molar-refractivity contribution in [2.24, 2.45) is 0 Å². The number of benzene rings is 2. The second kappa shape index (κ2) is 5.60. The molecule has 0 radical (unpaired) electrons. The third-order valence-electron chi connectivity index (χ3n) is 4.00. The maximum absolute atomic E-state index is 12.8. The monoisotopic (exact) mass is 280 g/mol. The summed E-state index contributed by atoms with van der Waals surface area (Å²) in [5.74, 6) is 0.137. The van der Waals surface area contributed by atoms with E-state index in [2.05, 4.69) is 18.3 Å². The number of nitrogens with zero attached hydrogens (tertiary/aromatic N) is 1. The molecule has 0 bridgehead atoms. The lowest BCUT2D eigenvalue weighted by Gasteiger charge is -2.24. The zero-order valence-electron chi connectivity index (χ0n) is 12.5. The fourth-order valence-electron chi connectivity index (χ4n) is 2.83. The number of hydrogen-bond acceptors (Lipinski definition) is 2. The molecule has 0 fully saturated rings. The molecule has 1 atom stereocenters. The molecule has 0 spiro atoms. The third-order valence-corrected chi connectivity index (χ3v) is 4.00. The van der Waals surface area contributed by atoms with Crippen LogP contribution in [0.3, 0.4) is 0 Å². The summed E-state index contributed by atoms with van der Waals surface area (Å²) in [5, 5.41) is 3.34. The summed E-state index contributed by atoms with van der Waals surface area (Å²) in [4.78, 5) is 14.6. The first-order valence-electron chi connectivity index (χ1n) is 7.41. The predicted molar refractivity (Wildman–Crippen MR) is 86.8 cm³/mol. The molecule has 3 rings (SSSR count). The lowest BCUT2D eigenvalue weighted by atomic mass is 10.1. The van der Waals surface area contributed by atoms with Gasteiger partial charge in [-0.15, -0.1) is 0 Å². The van der Waals surface area contributed by atoms with Crippen molar-refractivity contribution < 1.29 is 4.79 Å². The van der Waals surface area contributed by atoms with E-state index in [0.717, 1.165) is 17.8 Å². The van der Waals surface area contributed by atoms with Crippen LogP contribution in [0.2, 0.25) is 0 Å². The van der Waals surface area contributed by atoms with E-state index in [9.17, 15) is 4.79 Å². The van der Waals surface area contributed by atoms with Gasteiger partial charge >= 0.3 is 0 Å². The van der Waals surface area contributed by atoms with Crippen molar-refractivity contribution in [1.82, 2.24) is 0 Å². The van der Waals surface area contributed by atoms with Crippen LogP contribution in [0.25, 0.3) is 0 Å². The Morgan fingerprint density at radius 1 is 1.19 bits per heavy atom. The van der Waals surface area contributed by atoms with Crippen LogP contribution in [0.15, 0.2) is 48.5 Å². The first-order chi connectivity index (χ1) is 10.2. The van der Waals surface area contributed by atoms with Crippen LogP contribution in [0.4, 0.5) is 11.4 Å². The van der Waals surface area contributed by atoms with Crippen LogP contribution in [0.5, 0.6) is 0 Å². The Labute approximate surface area is 125 Å². The van der Waals surface area contributed by atoms with Crippen LogP contribution in [-0.4, -0.2) is 18.5 Å². The molecular weight excluding hydrogens is 260 g/mol. The van der Waals surface area contributed by atoms with Gasteiger partial charge in [0.05, 0.1) is 0 Å². The molecular formula is C18H20N2O. The summed E-state index contributed by atoms with van der Waals surface area (Å²) in [5.41, 5.74) is 4.46. The molecule has 2 aromatic carbocycles. The normalized spacial score (nSPS) is 16.2. The molecule has 1 heterocycles. The number of carbonyl (C=O) groups is 1. The summed E-state index contributed by atoms with van der Waals surface area (Å²) in [6, 6.07) is 16.1. The summed E-state index contributed by atoms with van der Waals surface area (Å²) >= 11 is 0. The molecule has 3 heteroatoms. The SMILES string of the molecule is CCN(C(=O)C1Cc2ccccc2N1)c1ccc(C)cc1. The van der Waals surface area contributed by atoms with Crippen molar-refractivity contribution in [1.29, 1.82) is 0 Å². The van der Waals surface area contributed by atoms with E-state index in [4.69, 9.17) is 0 Å². The van der Waals surface area contributed by atoms with Gasteiger partial charge in [0.2, 0.25) is 5.91 Å². The smallest absolute Gasteiger partial charge is 0.249 e. The number of hydrogen-bond donors (Lipinski definition) is 1. The topological polar surface area (TPSA) is 32.3 Å². The Morgan fingerprint density at radius 2 is 1.90 bits per heavy atom. The van der Waals surface area contributed by atoms with Crippen LogP contribution in [0, 0.1) is 6.92 Å². The number of nitrogens with one attached hydrogen (secondary N) is 1. The van der Waals surface area contributed by atoms with Gasteiger partial charge in [0.25, 0.3) is 0 Å². The molecule has 2 aromatic rings. The first kappa shape index (κ1) is 13.7. The molecule has 1 unspecified atom stereocenters. The molecule has 0 saturated heterocycles. The Hall–Kier alpha value is -2.29. The maximum atomic E-state index is 12.8. The average molecular weight is 280 g/mol. The van der Waals surface area contributed by atoms with E-state index in [1.54, 1.807) is 0 Å². The zero-order valence-corrected chi connectivity index (χ0v) is 12.5. The van der Waals surface area contributed by atoms with Gasteiger partial charge in [-0.25, -0.2) is 0 Å². The molecule has 3 nitrogen and oxygen atoms in total. The van der Waals surface area contributed by atoms with Crippen molar-refractivity contribution in [2.75, 3.05) is 16.8 Å². The van der Waals surface area contributed by atoms with Crippen LogP contribution in [-0.2, 0) is 11.2 Å². The summed E-state index contributed by atoms with van der Waals surface area (Å²) in [6.07, 6.45) is 0.761. The van der Waals surface area contributed by atoms with Crippen molar-refractivity contribution in [3.63, 3.8) is 0 Å². The van der Waals surface area contributed by atoms with Gasteiger partial charge in [-0.05, 0) is 37.6 Å². The number of aryl methyl sites for hydroxylation is 1. The van der Waals surface area contributed by atoms with E-state index in [1.165, 1.54) is 11.1 Å². The largest absolute Gasteiger partial charge is 0.373 e. The van der Waals surface area contributed by atoms with E-state index < -0.39 is 0 Å². The molecule has 1 aliphatic rings. The quantitative estimate of drug-likeness (QED) is 0.934. The fraction of sp³-hybridized carbons (Fsp3) is 0.278. The highest BCUT2D eigenvalue weighted by atomic mass is 16.2. The zero-order chi connectivity index (χ0) is 14.8. The Bertz CT molecular complexity index is 624. The van der Waals surface area contributed by atoms with Gasteiger partial charge in [0.15, 0.2) is 0 Å². The minimum Gasteiger partial charge on any atom is -0.373 e. The van der Waals surface area contributed by atoms with Crippen molar-refractivity contribution in [2.45, 2.75) is 26.3 Å². The molecule has 0 saturated carbocycles. The van der Waals surface area contributed by atoms with Crippen LogP contribution < -0.4 is 10.2 Å². The summed E-state index contributed by atoms with van der Waals surface area (Å²) in [6.45, 7) is 4.74. The third kappa shape index (κ3) is 2.64. The Morgan fingerprint density at radius 3 is 2.57 bits per heavy atom. The first-order valence-corrected chi connectivity index (χ1v) is 7.41. The number of anilines is 2. The standard InChI is InChI=1S/C18H20N2O/c1-3-20(15-10-8-13(2)9-11-15)18(21)17-12-14-6-4-5-7-16(14)19-17/h4-11,17,19H,3,12H2,1-2H3. The lowest BCUT2D eigenvalue weighted by Crippen LogP contribution is -2.42. The number of para-hydroxylation sites is 1. The van der Waals surface area contributed by atoms with Crippen molar-refractivity contribution in [3.05, 3.63) is 59.7 Å². The number of likely N-dealkylation sites (N-methyl/N-ethyl adjacent to an activating group) is 1. The summed E-state index contributed by atoms with van der Waals surface area (Å²) in [7, 11) is 0.